The molecule has 106 valence electrons. The number of nitro benzene ring substituents is 1. The number of nitrogens with one attached hydrogen (secondary N) is 1. The highest BCUT2D eigenvalue weighted by Crippen LogP contribution is 2.31. The van der Waals surface area contributed by atoms with Gasteiger partial charge < -0.3 is 9.73 Å². The fraction of sp³-hybridized carbons (Fsp3) is 0.167. The molecule has 0 aliphatic rings. The van der Waals surface area contributed by atoms with Gasteiger partial charge >= 0.3 is 0 Å². The Hall–Kier alpha value is -1.05. The topological polar surface area (TPSA) is 68.3 Å². The van der Waals surface area contributed by atoms with E-state index in [1.54, 1.807) is 13.0 Å². The molecule has 2 rings (SSSR count). The summed E-state index contributed by atoms with van der Waals surface area (Å²) in [5, 5.41) is 14.0. The van der Waals surface area contributed by atoms with Gasteiger partial charge in [-0.05, 0) is 56.5 Å². The monoisotopic (exact) mass is 422 g/mol. The molecule has 2 aromatic rings. The van der Waals surface area contributed by atoms with Gasteiger partial charge in [0.25, 0.3) is 5.69 Å². The molecule has 0 unspecified atom stereocenters. The van der Waals surface area contributed by atoms with E-state index < -0.39 is 4.92 Å². The summed E-state index contributed by atoms with van der Waals surface area (Å²) in [4.78, 5) is 10.3. The summed E-state index contributed by atoms with van der Waals surface area (Å²) < 4.78 is 6.88. The molecule has 0 aliphatic carbocycles. The van der Waals surface area contributed by atoms with Crippen molar-refractivity contribution in [2.24, 2.45) is 0 Å². The predicted octanol–water partition coefficient (Wildman–Crippen LogP) is 5.29. The van der Waals surface area contributed by atoms with Gasteiger partial charge in [-0.15, -0.1) is 0 Å². The fourth-order valence-corrected chi connectivity index (χ4v) is 2.55. The van der Waals surface area contributed by atoms with E-state index in [1.165, 1.54) is 6.07 Å². The van der Waals surface area contributed by atoms with E-state index in [-0.39, 0.29) is 10.7 Å². The Morgan fingerprint density at radius 2 is 2.10 bits per heavy atom. The minimum Gasteiger partial charge on any atom is -0.451 e. The van der Waals surface area contributed by atoms with Crippen molar-refractivity contribution in [1.29, 1.82) is 0 Å². The van der Waals surface area contributed by atoms with Crippen LogP contribution in [0.15, 0.2) is 31.8 Å². The van der Waals surface area contributed by atoms with Gasteiger partial charge in [0.05, 0.1) is 15.9 Å². The highest BCUT2D eigenvalue weighted by atomic mass is 79.9. The quantitative estimate of drug-likeness (QED) is 0.535. The van der Waals surface area contributed by atoms with Crippen LogP contribution in [0.2, 0.25) is 5.02 Å². The van der Waals surface area contributed by atoms with Crippen LogP contribution in [0.4, 0.5) is 11.4 Å². The van der Waals surface area contributed by atoms with Crippen LogP contribution >= 0.6 is 43.5 Å². The van der Waals surface area contributed by atoms with Crippen molar-refractivity contribution in [2.75, 3.05) is 5.32 Å². The van der Waals surface area contributed by atoms with Gasteiger partial charge in [-0.3, -0.25) is 10.1 Å². The molecule has 0 amide bonds. The van der Waals surface area contributed by atoms with Crippen LogP contribution in [-0.2, 0) is 6.54 Å². The van der Waals surface area contributed by atoms with Gasteiger partial charge in [-0.2, -0.15) is 0 Å². The van der Waals surface area contributed by atoms with Crippen LogP contribution in [0.5, 0.6) is 0 Å². The van der Waals surface area contributed by atoms with Crippen LogP contribution in [0.3, 0.4) is 0 Å². The Bertz CT molecular complexity index is 653. The average molecular weight is 424 g/mol. The molecule has 0 spiro atoms. The van der Waals surface area contributed by atoms with E-state index in [0.29, 0.717) is 11.2 Å². The molecule has 5 nitrogen and oxygen atoms in total. The molecule has 1 aromatic carbocycles. The number of nitrogens with zero attached hydrogens (tertiary/aromatic N) is 1. The number of anilines is 1. The van der Waals surface area contributed by atoms with Crippen LogP contribution in [0.25, 0.3) is 0 Å². The molecule has 8 heteroatoms. The molecule has 1 heterocycles. The van der Waals surface area contributed by atoms with Gasteiger partial charge in [0.15, 0.2) is 4.67 Å². The summed E-state index contributed by atoms with van der Waals surface area (Å²) in [7, 11) is 0. The van der Waals surface area contributed by atoms with Crippen LogP contribution < -0.4 is 5.32 Å². The zero-order chi connectivity index (χ0) is 14.9. The van der Waals surface area contributed by atoms with Gasteiger partial charge in [0, 0.05) is 11.8 Å². The van der Waals surface area contributed by atoms with E-state index >= 15 is 0 Å². The largest absolute Gasteiger partial charge is 0.451 e. The lowest BCUT2D eigenvalue weighted by Crippen LogP contribution is -2.01. The van der Waals surface area contributed by atoms with Crippen molar-refractivity contribution in [2.45, 2.75) is 13.5 Å². The molecule has 0 aliphatic heterocycles. The van der Waals surface area contributed by atoms with E-state index in [1.807, 2.05) is 6.07 Å². The molecule has 1 aromatic heterocycles. The lowest BCUT2D eigenvalue weighted by Gasteiger charge is -2.09. The smallest absolute Gasteiger partial charge is 0.288 e. The molecule has 0 fully saturated rings. The molecule has 0 saturated heterocycles. The Morgan fingerprint density at radius 3 is 2.65 bits per heavy atom. The van der Waals surface area contributed by atoms with Crippen LogP contribution in [0.1, 0.15) is 11.3 Å². The second-order valence-electron chi connectivity index (χ2n) is 4.06. The second kappa shape index (κ2) is 6.15. The molecule has 0 radical (unpaired) electrons. The normalized spacial score (nSPS) is 10.6. The maximum Gasteiger partial charge on any atom is 0.288 e. The molecule has 0 bridgehead atoms. The first-order valence-corrected chi connectivity index (χ1v) is 7.47. The molecule has 0 saturated carbocycles. The predicted molar refractivity (Wildman–Crippen MR) is 84.3 cm³/mol. The third kappa shape index (κ3) is 3.34. The summed E-state index contributed by atoms with van der Waals surface area (Å²) in [5.41, 5.74) is 1.37. The zero-order valence-electron chi connectivity index (χ0n) is 10.2. The van der Waals surface area contributed by atoms with E-state index in [0.717, 1.165) is 21.5 Å². The number of aryl methyl sites for hydroxylation is 1. The minimum absolute atomic E-state index is 0.0989. The third-order valence-corrected chi connectivity index (χ3v) is 4.65. The number of hydrogen-bond donors (Lipinski definition) is 1. The van der Waals surface area contributed by atoms with Gasteiger partial charge in [-0.25, -0.2) is 0 Å². The number of halogens is 3. The summed E-state index contributed by atoms with van der Waals surface area (Å²) in [5.74, 6) is 0.720. The van der Waals surface area contributed by atoms with E-state index in [9.17, 15) is 10.1 Å². The minimum atomic E-state index is -0.500. The summed E-state index contributed by atoms with van der Waals surface area (Å²) in [6.45, 7) is 2.22. The molecule has 1 N–H and O–H groups in total. The molecular formula is C12H9Br2ClN2O3. The lowest BCUT2D eigenvalue weighted by molar-refractivity contribution is -0.384. The fourth-order valence-electron chi connectivity index (χ4n) is 1.66. The average Bonchev–Trinajstić information content (AvgIpc) is 2.69. The van der Waals surface area contributed by atoms with Gasteiger partial charge in [-0.1, -0.05) is 11.6 Å². The Labute approximate surface area is 136 Å². The number of rotatable bonds is 4. The van der Waals surface area contributed by atoms with E-state index in [2.05, 4.69) is 37.2 Å². The first-order chi connectivity index (χ1) is 9.38. The molecule has 0 atom stereocenters. The highest BCUT2D eigenvalue weighted by Gasteiger charge is 2.15. The third-order valence-electron chi connectivity index (χ3n) is 2.64. The SMILES string of the molecule is Cc1cc([N+](=O)[O-])c(Cl)cc1NCc1cc(Br)c(Br)o1. The van der Waals surface area contributed by atoms with Crippen LogP contribution in [0, 0.1) is 17.0 Å². The number of benzene rings is 1. The van der Waals surface area contributed by atoms with Crippen LogP contribution in [-0.4, -0.2) is 4.92 Å². The maximum atomic E-state index is 10.8. The number of furan rings is 1. The Balaban J connectivity index is 2.17. The van der Waals surface area contributed by atoms with E-state index in [4.69, 9.17) is 16.0 Å². The lowest BCUT2D eigenvalue weighted by atomic mass is 10.1. The standard InChI is InChI=1S/C12H9Br2ClN2O3/c1-6-2-11(17(18)19)9(15)4-10(6)16-5-7-3-8(13)12(14)20-7/h2-4,16H,5H2,1H3. The first-order valence-electron chi connectivity index (χ1n) is 5.50. The van der Waals surface area contributed by atoms with Crippen molar-refractivity contribution in [3.63, 3.8) is 0 Å². The van der Waals surface area contributed by atoms with Gasteiger partial charge in [0.2, 0.25) is 0 Å². The summed E-state index contributed by atoms with van der Waals surface area (Å²) >= 11 is 12.5. The van der Waals surface area contributed by atoms with Crippen molar-refractivity contribution in [3.05, 3.63) is 53.8 Å². The Morgan fingerprint density at radius 1 is 1.40 bits per heavy atom. The molecule has 20 heavy (non-hydrogen) atoms. The zero-order valence-corrected chi connectivity index (χ0v) is 14.2. The van der Waals surface area contributed by atoms with Crippen molar-refractivity contribution >= 4 is 54.8 Å². The highest BCUT2D eigenvalue weighted by molar-refractivity contribution is 9.13. The van der Waals surface area contributed by atoms with Gasteiger partial charge in [0.1, 0.15) is 10.8 Å². The van der Waals surface area contributed by atoms with Crippen molar-refractivity contribution in [1.82, 2.24) is 0 Å². The second-order valence-corrected chi connectivity index (χ2v) is 6.05. The number of hydrogen-bond acceptors (Lipinski definition) is 4. The number of nitro groups is 1. The van der Waals surface area contributed by atoms with Crippen molar-refractivity contribution < 1.29 is 9.34 Å². The summed E-state index contributed by atoms with van der Waals surface area (Å²) in [6, 6.07) is 4.82. The molecular weight excluding hydrogens is 415 g/mol. The first kappa shape index (κ1) is 15.3. The Kier molecular flexibility index (Phi) is 4.72. The summed E-state index contributed by atoms with van der Waals surface area (Å²) in [6.07, 6.45) is 0. The maximum absolute atomic E-state index is 10.8. The van der Waals surface area contributed by atoms with Crippen molar-refractivity contribution in [3.8, 4) is 0 Å².